The smallest absolute Gasteiger partial charge is 0.166 e. The Hall–Kier alpha value is -1.77. The second kappa shape index (κ2) is 7.69. The number of benzene rings is 2. The van der Waals surface area contributed by atoms with E-state index in [0.717, 1.165) is 27.8 Å². The SMILES string of the molecule is Cc1ccc(C(F)(F)F)c(C)c1-c1c(C(C)C)cc(C(C)C)cc1C(C)C. The van der Waals surface area contributed by atoms with E-state index in [1.54, 1.807) is 13.0 Å². The molecule has 148 valence electrons. The van der Waals surface area contributed by atoms with Crippen LogP contribution < -0.4 is 0 Å². The van der Waals surface area contributed by atoms with Crippen molar-refractivity contribution in [2.24, 2.45) is 0 Å². The summed E-state index contributed by atoms with van der Waals surface area (Å²) in [6, 6.07) is 7.20. The summed E-state index contributed by atoms with van der Waals surface area (Å²) < 4.78 is 40.7. The molecular formula is C24H31F3. The van der Waals surface area contributed by atoms with Crippen LogP contribution in [-0.2, 0) is 6.18 Å². The highest BCUT2D eigenvalue weighted by Gasteiger charge is 2.34. The average Bonchev–Trinajstić information content (AvgIpc) is 2.52. The van der Waals surface area contributed by atoms with Crippen molar-refractivity contribution in [1.29, 1.82) is 0 Å². The molecule has 0 aliphatic rings. The third kappa shape index (κ3) is 4.23. The average molecular weight is 377 g/mol. The van der Waals surface area contributed by atoms with E-state index in [0.29, 0.717) is 11.5 Å². The lowest BCUT2D eigenvalue weighted by Crippen LogP contribution is -2.11. The lowest BCUT2D eigenvalue weighted by atomic mass is 9.79. The first kappa shape index (κ1) is 21.5. The van der Waals surface area contributed by atoms with Crippen LogP contribution in [0.3, 0.4) is 0 Å². The minimum atomic E-state index is -4.35. The van der Waals surface area contributed by atoms with Gasteiger partial charge in [-0.15, -0.1) is 0 Å². The molecule has 0 radical (unpaired) electrons. The predicted octanol–water partition coefficient (Wildman–Crippen LogP) is 8.36. The van der Waals surface area contributed by atoms with E-state index < -0.39 is 11.7 Å². The number of halogens is 3. The molecule has 2 aromatic rings. The summed E-state index contributed by atoms with van der Waals surface area (Å²) in [7, 11) is 0. The zero-order valence-electron chi connectivity index (χ0n) is 17.7. The van der Waals surface area contributed by atoms with Gasteiger partial charge in [-0.25, -0.2) is 0 Å². The van der Waals surface area contributed by atoms with Crippen molar-refractivity contribution >= 4 is 0 Å². The summed E-state index contributed by atoms with van der Waals surface area (Å²) in [5, 5.41) is 0. The highest BCUT2D eigenvalue weighted by molar-refractivity contribution is 5.79. The first-order chi connectivity index (χ1) is 12.4. The molecule has 0 nitrogen and oxygen atoms in total. The number of hydrogen-bond acceptors (Lipinski definition) is 0. The van der Waals surface area contributed by atoms with Crippen LogP contribution in [-0.4, -0.2) is 0 Å². The van der Waals surface area contributed by atoms with Gasteiger partial charge in [0.1, 0.15) is 0 Å². The summed E-state index contributed by atoms with van der Waals surface area (Å²) in [5.41, 5.74) is 5.92. The zero-order chi connectivity index (χ0) is 20.7. The van der Waals surface area contributed by atoms with Crippen molar-refractivity contribution in [1.82, 2.24) is 0 Å². The predicted molar refractivity (Wildman–Crippen MR) is 109 cm³/mol. The van der Waals surface area contributed by atoms with Gasteiger partial charge in [-0.1, -0.05) is 59.7 Å². The molecule has 27 heavy (non-hydrogen) atoms. The molecule has 3 heteroatoms. The van der Waals surface area contributed by atoms with Gasteiger partial charge < -0.3 is 0 Å². The van der Waals surface area contributed by atoms with Crippen LogP contribution in [0.5, 0.6) is 0 Å². The van der Waals surface area contributed by atoms with Crippen LogP contribution in [0.2, 0.25) is 0 Å². The van der Waals surface area contributed by atoms with E-state index >= 15 is 0 Å². The standard InChI is InChI=1S/C24H31F3/c1-13(2)18-11-19(14(3)4)23(20(12-18)15(5)6)22-16(7)9-10-21(17(22)8)24(25,26)27/h9-15H,1-8H3. The third-order valence-corrected chi connectivity index (χ3v) is 5.36. The van der Waals surface area contributed by atoms with E-state index in [2.05, 4.69) is 53.7 Å². The summed E-state index contributed by atoms with van der Waals surface area (Å²) in [4.78, 5) is 0. The van der Waals surface area contributed by atoms with Crippen molar-refractivity contribution < 1.29 is 13.2 Å². The summed E-state index contributed by atoms with van der Waals surface area (Å²) in [6.07, 6.45) is -4.35. The Bertz CT molecular complexity index is 795. The summed E-state index contributed by atoms with van der Waals surface area (Å²) >= 11 is 0. The quantitative estimate of drug-likeness (QED) is 0.503. The molecule has 0 aliphatic carbocycles. The molecule has 0 aliphatic heterocycles. The van der Waals surface area contributed by atoms with Gasteiger partial charge in [-0.3, -0.25) is 0 Å². The molecule has 0 bridgehead atoms. The van der Waals surface area contributed by atoms with Crippen LogP contribution in [0.4, 0.5) is 13.2 Å². The monoisotopic (exact) mass is 376 g/mol. The Morgan fingerprint density at radius 3 is 1.56 bits per heavy atom. The van der Waals surface area contributed by atoms with Crippen molar-refractivity contribution in [3.63, 3.8) is 0 Å². The Kier molecular flexibility index (Phi) is 6.13. The van der Waals surface area contributed by atoms with E-state index in [4.69, 9.17) is 0 Å². The second-order valence-corrected chi connectivity index (χ2v) is 8.47. The normalized spacial score (nSPS) is 12.5. The molecule has 0 unspecified atom stereocenters. The maximum atomic E-state index is 13.6. The number of alkyl halides is 3. The largest absolute Gasteiger partial charge is 0.416 e. The molecular weight excluding hydrogens is 345 g/mol. The number of hydrogen-bond donors (Lipinski definition) is 0. The molecule has 0 N–H and O–H groups in total. The Labute approximate surface area is 161 Å². The molecule has 0 saturated heterocycles. The number of aryl methyl sites for hydroxylation is 1. The van der Waals surface area contributed by atoms with Crippen LogP contribution in [0.25, 0.3) is 11.1 Å². The first-order valence-corrected chi connectivity index (χ1v) is 9.71. The molecule has 2 aromatic carbocycles. The van der Waals surface area contributed by atoms with Gasteiger partial charge in [0.25, 0.3) is 0 Å². The van der Waals surface area contributed by atoms with Crippen molar-refractivity contribution in [3.05, 3.63) is 57.6 Å². The number of rotatable bonds is 4. The van der Waals surface area contributed by atoms with E-state index in [1.165, 1.54) is 11.6 Å². The summed E-state index contributed by atoms with van der Waals surface area (Å²) in [6.45, 7) is 16.3. The highest BCUT2D eigenvalue weighted by atomic mass is 19.4. The molecule has 0 amide bonds. The molecule has 0 aromatic heterocycles. The second-order valence-electron chi connectivity index (χ2n) is 8.47. The van der Waals surface area contributed by atoms with Gasteiger partial charge in [0.05, 0.1) is 5.56 Å². The molecule has 0 heterocycles. The van der Waals surface area contributed by atoms with Crippen molar-refractivity contribution in [2.75, 3.05) is 0 Å². The van der Waals surface area contributed by atoms with E-state index in [9.17, 15) is 13.2 Å². The fraction of sp³-hybridized carbons (Fsp3) is 0.500. The van der Waals surface area contributed by atoms with Gasteiger partial charge >= 0.3 is 6.18 Å². The van der Waals surface area contributed by atoms with Gasteiger partial charge in [-0.2, -0.15) is 13.2 Å². The topological polar surface area (TPSA) is 0 Å². The molecule has 0 spiro atoms. The van der Waals surface area contributed by atoms with Gasteiger partial charge in [0, 0.05) is 0 Å². The van der Waals surface area contributed by atoms with Gasteiger partial charge in [-0.05, 0) is 76.6 Å². The minimum absolute atomic E-state index is 0.226. The lowest BCUT2D eigenvalue weighted by Gasteiger charge is -2.26. The van der Waals surface area contributed by atoms with Crippen LogP contribution in [0.15, 0.2) is 24.3 Å². The van der Waals surface area contributed by atoms with Crippen LogP contribution >= 0.6 is 0 Å². The third-order valence-electron chi connectivity index (χ3n) is 5.36. The zero-order valence-corrected chi connectivity index (χ0v) is 17.7. The van der Waals surface area contributed by atoms with Gasteiger partial charge in [0.2, 0.25) is 0 Å². The maximum Gasteiger partial charge on any atom is 0.416 e. The maximum absolute atomic E-state index is 13.6. The molecule has 0 saturated carbocycles. The molecule has 0 atom stereocenters. The Morgan fingerprint density at radius 2 is 1.19 bits per heavy atom. The van der Waals surface area contributed by atoms with Crippen molar-refractivity contribution in [2.45, 2.75) is 79.3 Å². The van der Waals surface area contributed by atoms with E-state index in [1.807, 2.05) is 6.92 Å². The minimum Gasteiger partial charge on any atom is -0.166 e. The lowest BCUT2D eigenvalue weighted by molar-refractivity contribution is -0.138. The fourth-order valence-corrected chi connectivity index (χ4v) is 3.78. The van der Waals surface area contributed by atoms with E-state index in [-0.39, 0.29) is 11.8 Å². The first-order valence-electron chi connectivity index (χ1n) is 9.71. The molecule has 0 fully saturated rings. The Balaban J connectivity index is 2.98. The summed E-state index contributed by atoms with van der Waals surface area (Å²) in [5.74, 6) is 0.826. The van der Waals surface area contributed by atoms with Crippen molar-refractivity contribution in [3.8, 4) is 11.1 Å². The Morgan fingerprint density at radius 1 is 0.704 bits per heavy atom. The van der Waals surface area contributed by atoms with Gasteiger partial charge in [0.15, 0.2) is 0 Å². The molecule has 2 rings (SSSR count). The highest BCUT2D eigenvalue weighted by Crippen LogP contribution is 2.44. The fourth-order valence-electron chi connectivity index (χ4n) is 3.78. The van der Waals surface area contributed by atoms with Crippen LogP contribution in [0, 0.1) is 13.8 Å². The van der Waals surface area contributed by atoms with Crippen LogP contribution in [0.1, 0.15) is 92.7 Å².